The van der Waals surface area contributed by atoms with E-state index < -0.39 is 28.1 Å². The first-order valence-electron chi connectivity index (χ1n) is 4.48. The lowest BCUT2D eigenvalue weighted by Gasteiger charge is -2.14. The highest BCUT2D eigenvalue weighted by molar-refractivity contribution is 5.97. The zero-order valence-electron chi connectivity index (χ0n) is 8.97. The molecule has 17 heavy (non-hydrogen) atoms. The number of nitrogens with zero attached hydrogens (tertiary/aromatic N) is 1. The Balaban J connectivity index is 3.76. The number of aromatic carboxylic acids is 2. The summed E-state index contributed by atoms with van der Waals surface area (Å²) in [7, 11) is 0. The molecule has 0 aliphatic heterocycles. The summed E-state index contributed by atoms with van der Waals surface area (Å²) in [5.74, 6) is -3.32. The number of carboxylic acids is 2. The minimum Gasteiger partial charge on any atom is -0.545 e. The van der Waals surface area contributed by atoms with Gasteiger partial charge in [0.2, 0.25) is 0 Å². The number of carboxylic acid groups (broad SMARTS) is 2. The van der Waals surface area contributed by atoms with Crippen LogP contribution in [0.15, 0.2) is 6.07 Å². The summed E-state index contributed by atoms with van der Waals surface area (Å²) in [6.45, 7) is 2.48. The van der Waals surface area contributed by atoms with Gasteiger partial charge in [-0.3, -0.25) is 10.1 Å². The summed E-state index contributed by atoms with van der Waals surface area (Å²) in [5, 5.41) is 32.3. The van der Waals surface area contributed by atoms with Gasteiger partial charge in [0.25, 0.3) is 5.69 Å². The molecule has 0 saturated heterocycles. The number of carbonyl (C=O) groups excluding carboxylic acids is 2. The zero-order chi connectivity index (χ0) is 13.3. The Morgan fingerprint density at radius 2 is 1.71 bits per heavy atom. The molecular weight excluding hydrogens is 230 g/mol. The number of aryl methyl sites for hydroxylation is 1. The summed E-state index contributed by atoms with van der Waals surface area (Å²) < 4.78 is 0. The van der Waals surface area contributed by atoms with Crippen molar-refractivity contribution in [2.75, 3.05) is 0 Å². The molecule has 0 unspecified atom stereocenters. The molecule has 0 radical (unpaired) electrons. The van der Waals surface area contributed by atoms with E-state index in [2.05, 4.69) is 0 Å². The molecule has 0 aliphatic carbocycles. The van der Waals surface area contributed by atoms with Crippen LogP contribution in [0.1, 0.15) is 31.8 Å². The van der Waals surface area contributed by atoms with E-state index in [-0.39, 0.29) is 16.7 Å². The maximum atomic E-state index is 10.8. The number of hydrogen-bond donors (Lipinski definition) is 0. The van der Waals surface area contributed by atoms with Gasteiger partial charge >= 0.3 is 0 Å². The molecule has 1 rings (SSSR count). The topological polar surface area (TPSA) is 123 Å². The van der Waals surface area contributed by atoms with Crippen LogP contribution in [0.4, 0.5) is 5.69 Å². The van der Waals surface area contributed by atoms with E-state index in [9.17, 15) is 29.9 Å². The molecule has 1 aromatic carbocycles. The molecule has 7 nitrogen and oxygen atoms in total. The quantitative estimate of drug-likeness (QED) is 0.487. The summed E-state index contributed by atoms with van der Waals surface area (Å²) in [4.78, 5) is 31.3. The van der Waals surface area contributed by atoms with Crippen LogP contribution in [0.5, 0.6) is 0 Å². The molecule has 0 aromatic heterocycles. The predicted molar refractivity (Wildman–Crippen MR) is 51.2 cm³/mol. The molecule has 0 amide bonds. The largest absolute Gasteiger partial charge is 0.545 e. The molecule has 0 atom stereocenters. The molecular formula is C10H7NO6-2. The number of nitro groups is 1. The van der Waals surface area contributed by atoms with Gasteiger partial charge in [0.05, 0.1) is 22.4 Å². The average Bonchev–Trinajstić information content (AvgIpc) is 2.14. The van der Waals surface area contributed by atoms with E-state index in [0.717, 1.165) is 13.0 Å². The van der Waals surface area contributed by atoms with E-state index in [4.69, 9.17) is 0 Å². The summed E-state index contributed by atoms with van der Waals surface area (Å²) in [5.41, 5.74) is -1.98. The van der Waals surface area contributed by atoms with Crippen LogP contribution in [0.2, 0.25) is 0 Å². The van der Waals surface area contributed by atoms with Gasteiger partial charge in [0, 0.05) is 11.1 Å². The number of hydrogen-bond acceptors (Lipinski definition) is 6. The Hall–Kier alpha value is -2.44. The molecule has 0 heterocycles. The molecule has 7 heteroatoms. The maximum absolute atomic E-state index is 10.8. The minimum atomic E-state index is -1.73. The Morgan fingerprint density at radius 3 is 2.06 bits per heavy atom. The first kappa shape index (κ1) is 12.6. The van der Waals surface area contributed by atoms with Crippen molar-refractivity contribution in [2.24, 2.45) is 0 Å². The number of nitro benzene ring substituents is 1. The summed E-state index contributed by atoms with van der Waals surface area (Å²) in [6, 6.07) is 0.894. The maximum Gasteiger partial charge on any atom is 0.281 e. The van der Waals surface area contributed by atoms with Gasteiger partial charge in [-0.1, -0.05) is 0 Å². The smallest absolute Gasteiger partial charge is 0.281 e. The number of benzene rings is 1. The fourth-order valence-electron chi connectivity index (χ4n) is 1.68. The second kappa shape index (κ2) is 4.20. The Kier molecular flexibility index (Phi) is 3.12. The SMILES string of the molecule is Cc1cc(C(=O)[O-])c([N+](=O)[O-])c(C)c1C(=O)[O-]. The monoisotopic (exact) mass is 237 g/mol. The highest BCUT2D eigenvalue weighted by Gasteiger charge is 2.23. The van der Waals surface area contributed by atoms with Gasteiger partial charge in [0.1, 0.15) is 0 Å². The highest BCUT2D eigenvalue weighted by Crippen LogP contribution is 2.28. The fraction of sp³-hybridized carbons (Fsp3) is 0.200. The molecule has 0 fully saturated rings. The Labute approximate surface area is 95.5 Å². The van der Waals surface area contributed by atoms with Crippen molar-refractivity contribution in [1.29, 1.82) is 0 Å². The molecule has 0 saturated carbocycles. The van der Waals surface area contributed by atoms with Crippen LogP contribution in [-0.4, -0.2) is 16.9 Å². The van der Waals surface area contributed by atoms with Crippen molar-refractivity contribution >= 4 is 17.6 Å². The molecule has 1 aromatic rings. The van der Waals surface area contributed by atoms with Crippen molar-refractivity contribution < 1.29 is 24.7 Å². The zero-order valence-corrected chi connectivity index (χ0v) is 8.97. The van der Waals surface area contributed by atoms with Crippen molar-refractivity contribution in [3.63, 3.8) is 0 Å². The first-order chi connectivity index (χ1) is 7.77. The van der Waals surface area contributed by atoms with Crippen molar-refractivity contribution in [3.05, 3.63) is 38.4 Å². The van der Waals surface area contributed by atoms with Crippen LogP contribution < -0.4 is 10.2 Å². The summed E-state index contributed by atoms with van der Waals surface area (Å²) >= 11 is 0. The minimum absolute atomic E-state index is 0.0762. The molecule has 0 N–H and O–H groups in total. The third kappa shape index (κ3) is 2.07. The third-order valence-electron chi connectivity index (χ3n) is 2.35. The van der Waals surface area contributed by atoms with E-state index in [1.54, 1.807) is 0 Å². The normalized spacial score (nSPS) is 10.0. The van der Waals surface area contributed by atoms with Crippen molar-refractivity contribution in [3.8, 4) is 0 Å². The Morgan fingerprint density at radius 1 is 1.18 bits per heavy atom. The van der Waals surface area contributed by atoms with E-state index in [0.29, 0.717) is 0 Å². The molecule has 0 bridgehead atoms. The lowest BCUT2D eigenvalue weighted by molar-refractivity contribution is -0.386. The van der Waals surface area contributed by atoms with Crippen LogP contribution in [0.25, 0.3) is 0 Å². The number of rotatable bonds is 3. The second-order valence-corrected chi connectivity index (χ2v) is 3.42. The average molecular weight is 237 g/mol. The standard InChI is InChI=1S/C10H9NO6/c1-4-3-6(9(12)13)8(11(16)17)5(2)7(4)10(14)15/h3H,1-2H3,(H,12,13)(H,14,15)/p-2. The lowest BCUT2D eigenvalue weighted by Crippen LogP contribution is -2.28. The van der Waals surface area contributed by atoms with Gasteiger partial charge in [-0.2, -0.15) is 0 Å². The van der Waals surface area contributed by atoms with Crippen LogP contribution in [0.3, 0.4) is 0 Å². The van der Waals surface area contributed by atoms with Gasteiger partial charge in [-0.25, -0.2) is 0 Å². The lowest BCUT2D eigenvalue weighted by atomic mass is 9.97. The fourth-order valence-corrected chi connectivity index (χ4v) is 1.68. The molecule has 0 aliphatic rings. The molecule has 90 valence electrons. The second-order valence-electron chi connectivity index (χ2n) is 3.42. The van der Waals surface area contributed by atoms with Gasteiger partial charge < -0.3 is 19.8 Å². The van der Waals surface area contributed by atoms with Crippen LogP contribution >= 0.6 is 0 Å². The van der Waals surface area contributed by atoms with Gasteiger partial charge in [0.15, 0.2) is 0 Å². The van der Waals surface area contributed by atoms with Crippen molar-refractivity contribution in [2.45, 2.75) is 13.8 Å². The van der Waals surface area contributed by atoms with E-state index >= 15 is 0 Å². The molecule has 0 spiro atoms. The summed E-state index contributed by atoms with van der Waals surface area (Å²) in [6.07, 6.45) is 0. The third-order valence-corrected chi connectivity index (χ3v) is 2.35. The van der Waals surface area contributed by atoms with E-state index in [1.165, 1.54) is 6.92 Å². The highest BCUT2D eigenvalue weighted by atomic mass is 16.6. The first-order valence-corrected chi connectivity index (χ1v) is 4.48. The van der Waals surface area contributed by atoms with Gasteiger partial charge in [-0.05, 0) is 25.5 Å². The predicted octanol–water partition coefficient (Wildman–Crippen LogP) is -1.06. The van der Waals surface area contributed by atoms with Crippen LogP contribution in [-0.2, 0) is 0 Å². The van der Waals surface area contributed by atoms with Crippen molar-refractivity contribution in [1.82, 2.24) is 0 Å². The number of carbonyl (C=O) groups is 2. The van der Waals surface area contributed by atoms with Crippen LogP contribution in [0, 0.1) is 24.0 Å². The Bertz CT molecular complexity index is 534. The van der Waals surface area contributed by atoms with E-state index in [1.807, 2.05) is 0 Å². The van der Waals surface area contributed by atoms with Gasteiger partial charge in [-0.15, -0.1) is 0 Å².